The van der Waals surface area contributed by atoms with Gasteiger partial charge in [-0.2, -0.15) is 5.10 Å². The minimum atomic E-state index is -3.08. The Morgan fingerprint density at radius 2 is 1.95 bits per heavy atom. The summed E-state index contributed by atoms with van der Waals surface area (Å²) >= 11 is 1.27. The van der Waals surface area contributed by atoms with E-state index in [1.54, 1.807) is 5.38 Å². The number of hydrogen-bond acceptors (Lipinski definition) is 5. The van der Waals surface area contributed by atoms with Gasteiger partial charge in [0.1, 0.15) is 4.21 Å². The predicted molar refractivity (Wildman–Crippen MR) is 75.7 cm³/mol. The van der Waals surface area contributed by atoms with Crippen molar-refractivity contribution in [1.29, 1.82) is 0 Å². The van der Waals surface area contributed by atoms with E-state index in [0.29, 0.717) is 16.0 Å². The molecule has 0 bridgehead atoms. The minimum Gasteiger partial charge on any atom is -0.278 e. The first kappa shape index (κ1) is 12.4. The lowest BCUT2D eigenvalue weighted by Gasteiger charge is -2.00. The molecule has 0 spiro atoms. The van der Waals surface area contributed by atoms with Crippen LogP contribution < -0.4 is 10.8 Å². The van der Waals surface area contributed by atoms with E-state index in [4.69, 9.17) is 0 Å². The topological polar surface area (TPSA) is 58.5 Å². The molecule has 3 rings (SSSR count). The van der Waals surface area contributed by atoms with Crippen molar-refractivity contribution in [3.05, 3.63) is 52.7 Å². The van der Waals surface area contributed by atoms with Gasteiger partial charge in [-0.05, 0) is 30.0 Å². The molecule has 4 nitrogen and oxygen atoms in total. The van der Waals surface area contributed by atoms with Crippen molar-refractivity contribution in [2.24, 2.45) is 5.10 Å². The maximum absolute atomic E-state index is 11.8. The van der Waals surface area contributed by atoms with Crippen molar-refractivity contribution < 1.29 is 8.42 Å². The van der Waals surface area contributed by atoms with Gasteiger partial charge in [0.05, 0.1) is 16.8 Å². The number of fused-ring (bicyclic) bond motifs is 1. The van der Waals surface area contributed by atoms with E-state index in [9.17, 15) is 8.42 Å². The second-order valence-corrected chi connectivity index (χ2v) is 7.45. The fourth-order valence-corrected chi connectivity index (χ4v) is 4.91. The van der Waals surface area contributed by atoms with E-state index in [-0.39, 0.29) is 5.75 Å². The number of hydrogen-bond donors (Lipinski definition) is 1. The van der Waals surface area contributed by atoms with Crippen LogP contribution in [0.2, 0.25) is 0 Å². The molecule has 0 unspecified atom stereocenters. The number of rotatable bonds is 2. The molecule has 0 amide bonds. The van der Waals surface area contributed by atoms with E-state index in [1.165, 1.54) is 11.3 Å². The Bertz CT molecular complexity index is 765. The highest BCUT2D eigenvalue weighted by molar-refractivity contribution is 7.93. The highest BCUT2D eigenvalue weighted by Gasteiger charge is 2.27. The molecule has 1 N–H and O–H groups in total. The van der Waals surface area contributed by atoms with E-state index in [2.05, 4.69) is 10.5 Å². The van der Waals surface area contributed by atoms with Crippen LogP contribution in [0.15, 0.2) is 51.1 Å². The zero-order chi connectivity index (χ0) is 13.3. The fraction of sp³-hybridized carbons (Fsp3) is 0.154. The van der Waals surface area contributed by atoms with E-state index in [1.807, 2.05) is 36.4 Å². The molecule has 1 aromatic carbocycles. The number of nitrogens with one attached hydrogen (secondary N) is 1. The molecular weight excluding hydrogens is 280 g/mol. The van der Waals surface area contributed by atoms with Gasteiger partial charge in [0.15, 0.2) is 9.84 Å². The Kier molecular flexibility index (Phi) is 3.12. The number of benzene rings is 1. The molecule has 0 radical (unpaired) electrons. The normalized spacial score (nSPS) is 17.2. The van der Waals surface area contributed by atoms with Crippen LogP contribution in [-0.4, -0.2) is 14.2 Å². The van der Waals surface area contributed by atoms with Crippen LogP contribution >= 0.6 is 11.3 Å². The van der Waals surface area contributed by atoms with Gasteiger partial charge in [-0.1, -0.05) is 18.2 Å². The highest BCUT2D eigenvalue weighted by Crippen LogP contribution is 2.26. The first-order chi connectivity index (χ1) is 9.17. The van der Waals surface area contributed by atoms with Crippen molar-refractivity contribution in [2.45, 2.75) is 10.6 Å². The average Bonchev–Trinajstić information content (AvgIpc) is 2.74. The Hall–Kier alpha value is -1.66. The monoisotopic (exact) mass is 292 g/mol. The summed E-state index contributed by atoms with van der Waals surface area (Å²) in [4.78, 5) is 0. The Morgan fingerprint density at radius 1 is 1.16 bits per heavy atom. The molecule has 98 valence electrons. The second kappa shape index (κ2) is 4.79. The molecule has 0 fully saturated rings. The quantitative estimate of drug-likeness (QED) is 0.861. The molecule has 19 heavy (non-hydrogen) atoms. The molecule has 0 saturated heterocycles. The summed E-state index contributed by atoms with van der Waals surface area (Å²) in [5.74, 6) is 0.191. The summed E-state index contributed by atoms with van der Waals surface area (Å²) in [6, 6.07) is 11.4. The lowest BCUT2D eigenvalue weighted by molar-refractivity contribution is 0.601. The summed E-state index contributed by atoms with van der Waals surface area (Å²) in [5.41, 5.74) is 4.66. The number of sulfone groups is 1. The summed E-state index contributed by atoms with van der Waals surface area (Å²) in [5, 5.41) is 6.78. The zero-order valence-corrected chi connectivity index (χ0v) is 11.7. The fourth-order valence-electron chi connectivity index (χ4n) is 2.00. The number of anilines is 1. The van der Waals surface area contributed by atoms with Crippen LogP contribution in [0.3, 0.4) is 0 Å². The average molecular weight is 292 g/mol. The second-order valence-electron chi connectivity index (χ2n) is 4.23. The van der Waals surface area contributed by atoms with Crippen LogP contribution in [0.1, 0.15) is 5.56 Å². The molecule has 0 saturated carbocycles. The molecule has 6 heteroatoms. The third-order valence-corrected chi connectivity index (χ3v) is 6.28. The molecule has 1 aliphatic rings. The molecule has 2 heterocycles. The first-order valence-corrected chi connectivity index (χ1v) is 8.38. The van der Waals surface area contributed by atoms with Gasteiger partial charge in [0.25, 0.3) is 0 Å². The van der Waals surface area contributed by atoms with E-state index >= 15 is 0 Å². The number of nitrogens with zero attached hydrogens (tertiary/aromatic N) is 1. The van der Waals surface area contributed by atoms with Gasteiger partial charge in [0, 0.05) is 5.56 Å². The maximum atomic E-state index is 11.8. The van der Waals surface area contributed by atoms with E-state index < -0.39 is 9.84 Å². The predicted octanol–water partition coefficient (Wildman–Crippen LogP) is 2.01. The van der Waals surface area contributed by atoms with Gasteiger partial charge in [-0.25, -0.2) is 8.42 Å². The standard InChI is InChI=1S/C13H12N2O2S2/c16-19(17)9-7-11-12(6-8-18-13(11)19)15-14-10-4-2-1-3-5-10/h1-6,8,14H,7,9H2/b15-12+. The van der Waals surface area contributed by atoms with Crippen molar-refractivity contribution in [3.63, 3.8) is 0 Å². The van der Waals surface area contributed by atoms with Gasteiger partial charge in [0.2, 0.25) is 0 Å². The molecule has 0 atom stereocenters. The molecular formula is C13H12N2O2S2. The summed E-state index contributed by atoms with van der Waals surface area (Å²) in [6.45, 7) is 0. The van der Waals surface area contributed by atoms with Crippen LogP contribution in [0.5, 0.6) is 0 Å². The zero-order valence-electron chi connectivity index (χ0n) is 10.0. The van der Waals surface area contributed by atoms with Crippen LogP contribution in [0.4, 0.5) is 5.69 Å². The summed E-state index contributed by atoms with van der Waals surface area (Å²) < 4.78 is 24.1. The number of para-hydroxylation sites is 1. The van der Waals surface area contributed by atoms with Crippen molar-refractivity contribution in [1.82, 2.24) is 0 Å². The molecule has 2 aromatic rings. The summed E-state index contributed by atoms with van der Waals surface area (Å²) in [6.07, 6.45) is 0.546. The smallest absolute Gasteiger partial charge is 0.188 e. The molecule has 1 aromatic heterocycles. The van der Waals surface area contributed by atoms with Gasteiger partial charge in [-0.15, -0.1) is 11.3 Å². The van der Waals surface area contributed by atoms with Gasteiger partial charge in [-0.3, -0.25) is 5.43 Å². The highest BCUT2D eigenvalue weighted by atomic mass is 32.2. The Balaban J connectivity index is 2.02. The third kappa shape index (κ3) is 2.41. The largest absolute Gasteiger partial charge is 0.278 e. The maximum Gasteiger partial charge on any atom is 0.188 e. The van der Waals surface area contributed by atoms with Crippen LogP contribution in [0, 0.1) is 0 Å². The first-order valence-electron chi connectivity index (χ1n) is 5.85. The van der Waals surface area contributed by atoms with Crippen LogP contribution in [0.25, 0.3) is 0 Å². The van der Waals surface area contributed by atoms with Crippen LogP contribution in [-0.2, 0) is 16.3 Å². The Morgan fingerprint density at radius 3 is 2.74 bits per heavy atom. The summed E-state index contributed by atoms with van der Waals surface area (Å²) in [7, 11) is -3.08. The van der Waals surface area contributed by atoms with Crippen molar-refractivity contribution >= 4 is 26.9 Å². The minimum absolute atomic E-state index is 0.191. The van der Waals surface area contributed by atoms with Crippen molar-refractivity contribution in [3.8, 4) is 0 Å². The lowest BCUT2D eigenvalue weighted by Crippen LogP contribution is -2.10. The molecule has 0 aliphatic carbocycles. The third-order valence-electron chi connectivity index (χ3n) is 2.94. The molecule has 1 aliphatic heterocycles. The van der Waals surface area contributed by atoms with Crippen molar-refractivity contribution in [2.75, 3.05) is 11.2 Å². The Labute approximate surface area is 115 Å². The van der Waals surface area contributed by atoms with Gasteiger partial charge < -0.3 is 0 Å². The van der Waals surface area contributed by atoms with E-state index in [0.717, 1.165) is 11.3 Å². The SMILES string of the molecule is O=S1(=O)CCc2c1scc/c2=N\Nc1ccccc1. The lowest BCUT2D eigenvalue weighted by atomic mass is 10.2. The van der Waals surface area contributed by atoms with Gasteiger partial charge >= 0.3 is 0 Å².